The Morgan fingerprint density at radius 3 is 2.37 bits per heavy atom. The average molecular weight is 302 g/mol. The smallest absolute Gasteiger partial charge is 0.141 e. The molecule has 5 heteroatoms. The van der Waals surface area contributed by atoms with Crippen molar-refractivity contribution in [2.24, 2.45) is 0 Å². The molecule has 0 spiro atoms. The third kappa shape index (κ3) is 3.37. The highest BCUT2D eigenvalue weighted by Crippen LogP contribution is 2.28. The molecule has 2 aromatic rings. The van der Waals surface area contributed by atoms with Crippen molar-refractivity contribution in [1.29, 1.82) is 0 Å². The van der Waals surface area contributed by atoms with Crippen LogP contribution in [0.4, 0.5) is 14.5 Å². The molecule has 1 atom stereocenters. The maximum absolute atomic E-state index is 13.1. The Morgan fingerprint density at radius 2 is 1.74 bits per heavy atom. The molecule has 0 aromatic heterocycles. The van der Waals surface area contributed by atoms with E-state index in [1.54, 1.807) is 18.2 Å². The Kier molecular flexibility index (Phi) is 4.27. The van der Waals surface area contributed by atoms with Crippen molar-refractivity contribution >= 4 is 28.9 Å². The van der Waals surface area contributed by atoms with Gasteiger partial charge in [0.25, 0.3) is 0 Å². The molecule has 0 aliphatic heterocycles. The number of hydrogen-bond donors (Lipinski definition) is 1. The molecule has 0 aliphatic rings. The molecule has 0 bridgehead atoms. The normalized spacial score (nSPS) is 12.3. The van der Waals surface area contributed by atoms with Gasteiger partial charge in [-0.1, -0.05) is 29.3 Å². The molecule has 0 saturated carbocycles. The fourth-order valence-electron chi connectivity index (χ4n) is 1.70. The van der Waals surface area contributed by atoms with Crippen molar-refractivity contribution in [3.8, 4) is 0 Å². The van der Waals surface area contributed by atoms with E-state index in [0.29, 0.717) is 10.7 Å². The summed E-state index contributed by atoms with van der Waals surface area (Å²) in [6.07, 6.45) is 0. The maximum Gasteiger partial charge on any atom is 0.141 e. The molecule has 0 heterocycles. The van der Waals surface area contributed by atoms with E-state index in [0.717, 1.165) is 5.56 Å². The lowest BCUT2D eigenvalue weighted by Gasteiger charge is -2.17. The second-order valence-electron chi connectivity index (χ2n) is 4.16. The van der Waals surface area contributed by atoms with Crippen LogP contribution < -0.4 is 5.32 Å². The number of benzene rings is 2. The lowest BCUT2D eigenvalue weighted by atomic mass is 10.1. The van der Waals surface area contributed by atoms with Gasteiger partial charge >= 0.3 is 0 Å². The van der Waals surface area contributed by atoms with Crippen molar-refractivity contribution in [3.05, 3.63) is 63.6 Å². The number of anilines is 1. The number of halogens is 4. The van der Waals surface area contributed by atoms with Gasteiger partial charge in [0, 0.05) is 6.04 Å². The van der Waals surface area contributed by atoms with E-state index in [1.807, 2.05) is 6.92 Å². The maximum atomic E-state index is 13.1. The highest BCUT2D eigenvalue weighted by Gasteiger charge is 2.10. The minimum Gasteiger partial charge on any atom is -0.377 e. The van der Waals surface area contributed by atoms with Gasteiger partial charge in [0.2, 0.25) is 0 Å². The second kappa shape index (κ2) is 5.76. The number of nitrogens with one attached hydrogen (secondary N) is 1. The fraction of sp³-hybridized carbons (Fsp3) is 0.143. The Hall–Kier alpha value is -1.32. The lowest BCUT2D eigenvalue weighted by Crippen LogP contribution is -2.07. The standard InChI is InChI=1S/C14H11Cl2F2N/c1-8(9-2-4-13(18)11(15)6-9)19-14-5-3-10(17)7-12(14)16/h2-8,19H,1H3. The number of rotatable bonds is 3. The summed E-state index contributed by atoms with van der Waals surface area (Å²) in [6.45, 7) is 1.88. The van der Waals surface area contributed by atoms with E-state index >= 15 is 0 Å². The van der Waals surface area contributed by atoms with Crippen LogP contribution in [0, 0.1) is 11.6 Å². The van der Waals surface area contributed by atoms with Gasteiger partial charge in [-0.15, -0.1) is 0 Å². The van der Waals surface area contributed by atoms with E-state index in [-0.39, 0.29) is 11.1 Å². The molecule has 1 unspecified atom stereocenters. The molecule has 1 N–H and O–H groups in total. The van der Waals surface area contributed by atoms with Crippen molar-refractivity contribution in [2.45, 2.75) is 13.0 Å². The minimum atomic E-state index is -0.461. The molecule has 0 amide bonds. The van der Waals surface area contributed by atoms with E-state index < -0.39 is 11.6 Å². The Labute approximate surface area is 120 Å². The zero-order valence-electron chi connectivity index (χ0n) is 10.1. The predicted octanol–water partition coefficient (Wildman–Crippen LogP) is 5.44. The van der Waals surface area contributed by atoms with E-state index in [9.17, 15) is 8.78 Å². The van der Waals surface area contributed by atoms with Gasteiger partial charge in [0.05, 0.1) is 15.7 Å². The molecular weight excluding hydrogens is 291 g/mol. The molecule has 2 rings (SSSR count). The van der Waals surface area contributed by atoms with Gasteiger partial charge in [-0.05, 0) is 42.8 Å². The third-order valence-corrected chi connectivity index (χ3v) is 3.35. The molecule has 0 radical (unpaired) electrons. The summed E-state index contributed by atoms with van der Waals surface area (Å²) in [7, 11) is 0. The molecule has 0 saturated heterocycles. The summed E-state index contributed by atoms with van der Waals surface area (Å²) in [5, 5.41) is 3.48. The molecule has 19 heavy (non-hydrogen) atoms. The first-order valence-corrected chi connectivity index (χ1v) is 6.39. The quantitative estimate of drug-likeness (QED) is 0.795. The van der Waals surface area contributed by atoms with Crippen molar-refractivity contribution in [1.82, 2.24) is 0 Å². The summed E-state index contributed by atoms with van der Waals surface area (Å²) >= 11 is 11.7. The first-order chi connectivity index (χ1) is 8.97. The van der Waals surface area contributed by atoms with Crippen molar-refractivity contribution < 1.29 is 8.78 Å². The van der Waals surface area contributed by atoms with Gasteiger partial charge in [-0.2, -0.15) is 0 Å². The van der Waals surface area contributed by atoms with Crippen LogP contribution >= 0.6 is 23.2 Å². The topological polar surface area (TPSA) is 12.0 Å². The zero-order chi connectivity index (χ0) is 14.0. The summed E-state index contributed by atoms with van der Waals surface area (Å²) in [5.41, 5.74) is 1.42. The molecular formula is C14H11Cl2F2N. The minimum absolute atomic E-state index is 0.0661. The van der Waals surface area contributed by atoms with Crippen LogP contribution in [0.3, 0.4) is 0 Å². The van der Waals surface area contributed by atoms with Crippen LogP contribution in [-0.4, -0.2) is 0 Å². The highest BCUT2D eigenvalue weighted by atomic mass is 35.5. The van der Waals surface area contributed by atoms with Crippen molar-refractivity contribution in [2.75, 3.05) is 5.32 Å². The van der Waals surface area contributed by atoms with Crippen LogP contribution in [-0.2, 0) is 0 Å². The summed E-state index contributed by atoms with van der Waals surface area (Å²) in [4.78, 5) is 0. The summed E-state index contributed by atoms with van der Waals surface area (Å²) in [6, 6.07) is 8.46. The van der Waals surface area contributed by atoms with Crippen LogP contribution in [0.2, 0.25) is 10.0 Å². The highest BCUT2D eigenvalue weighted by molar-refractivity contribution is 6.33. The van der Waals surface area contributed by atoms with Crippen LogP contribution in [0.1, 0.15) is 18.5 Å². The zero-order valence-corrected chi connectivity index (χ0v) is 11.6. The monoisotopic (exact) mass is 301 g/mol. The first-order valence-electron chi connectivity index (χ1n) is 5.64. The van der Waals surface area contributed by atoms with Gasteiger partial charge in [0.15, 0.2) is 0 Å². The van der Waals surface area contributed by atoms with E-state index in [2.05, 4.69) is 5.32 Å². The largest absolute Gasteiger partial charge is 0.377 e. The Morgan fingerprint density at radius 1 is 1.00 bits per heavy atom. The van der Waals surface area contributed by atoms with Crippen LogP contribution in [0.25, 0.3) is 0 Å². The van der Waals surface area contributed by atoms with Gasteiger partial charge in [-0.3, -0.25) is 0 Å². The van der Waals surface area contributed by atoms with Crippen LogP contribution in [0.5, 0.6) is 0 Å². The third-order valence-electron chi connectivity index (χ3n) is 2.75. The molecule has 0 fully saturated rings. The van der Waals surface area contributed by atoms with E-state index in [1.165, 1.54) is 18.2 Å². The molecule has 0 aliphatic carbocycles. The molecule has 100 valence electrons. The second-order valence-corrected chi connectivity index (χ2v) is 4.98. The lowest BCUT2D eigenvalue weighted by molar-refractivity contribution is 0.626. The Bertz CT molecular complexity index is 602. The SMILES string of the molecule is CC(Nc1ccc(F)cc1Cl)c1ccc(F)c(Cl)c1. The van der Waals surface area contributed by atoms with Crippen LogP contribution in [0.15, 0.2) is 36.4 Å². The van der Waals surface area contributed by atoms with Gasteiger partial charge in [-0.25, -0.2) is 8.78 Å². The predicted molar refractivity (Wildman–Crippen MR) is 74.9 cm³/mol. The average Bonchev–Trinajstić information content (AvgIpc) is 2.36. The summed E-state index contributed by atoms with van der Waals surface area (Å²) < 4.78 is 26.0. The summed E-state index contributed by atoms with van der Waals surface area (Å²) in [5.74, 6) is -0.856. The molecule has 2 aromatic carbocycles. The fourth-order valence-corrected chi connectivity index (χ4v) is 2.12. The first kappa shape index (κ1) is 14.1. The molecule has 1 nitrogen and oxygen atoms in total. The van der Waals surface area contributed by atoms with Gasteiger partial charge < -0.3 is 5.32 Å². The Balaban J connectivity index is 2.20. The number of hydrogen-bond acceptors (Lipinski definition) is 1. The van der Waals surface area contributed by atoms with E-state index in [4.69, 9.17) is 23.2 Å². The van der Waals surface area contributed by atoms with Crippen molar-refractivity contribution in [3.63, 3.8) is 0 Å². The van der Waals surface area contributed by atoms with Gasteiger partial charge in [0.1, 0.15) is 11.6 Å².